The highest BCUT2D eigenvalue weighted by atomic mass is 16.5. The molecule has 0 aromatic heterocycles. The zero-order valence-corrected chi connectivity index (χ0v) is 17.1. The second-order valence-electron chi connectivity index (χ2n) is 7.76. The standard InChI is InChI=1S/C24H29NO4/c1-3-5-14-24(4-2,15-22(26)27)25-23(28)29-16-21-19-12-8-6-10-17(19)18-11-7-9-13-20(18)21/h6-13,21H,3-5,14-16H2,1-2H3,(H,25,28)(H,26,27). The summed E-state index contributed by atoms with van der Waals surface area (Å²) in [7, 11) is 0. The molecule has 2 aromatic carbocycles. The smallest absolute Gasteiger partial charge is 0.407 e. The fourth-order valence-corrected chi connectivity index (χ4v) is 4.24. The van der Waals surface area contributed by atoms with Gasteiger partial charge in [-0.3, -0.25) is 4.79 Å². The van der Waals surface area contributed by atoms with Crippen LogP contribution in [0.5, 0.6) is 0 Å². The average molecular weight is 395 g/mol. The number of rotatable bonds is 9. The largest absolute Gasteiger partial charge is 0.481 e. The summed E-state index contributed by atoms with van der Waals surface area (Å²) in [4.78, 5) is 24.0. The number of nitrogens with one attached hydrogen (secondary N) is 1. The number of aliphatic carboxylic acids is 1. The molecule has 5 nitrogen and oxygen atoms in total. The van der Waals surface area contributed by atoms with Crippen LogP contribution in [0.3, 0.4) is 0 Å². The highest BCUT2D eigenvalue weighted by Crippen LogP contribution is 2.44. The van der Waals surface area contributed by atoms with E-state index in [2.05, 4.69) is 36.5 Å². The number of ether oxygens (including phenoxy) is 1. The number of benzene rings is 2. The third kappa shape index (κ3) is 4.61. The van der Waals surface area contributed by atoms with E-state index in [1.807, 2.05) is 31.2 Å². The Morgan fingerprint density at radius 2 is 1.62 bits per heavy atom. The lowest BCUT2D eigenvalue weighted by Crippen LogP contribution is -2.49. The third-order valence-corrected chi connectivity index (χ3v) is 5.89. The monoisotopic (exact) mass is 395 g/mol. The second kappa shape index (κ2) is 9.12. The van der Waals surface area contributed by atoms with Gasteiger partial charge in [0.1, 0.15) is 6.61 Å². The Labute approximate surface area is 172 Å². The molecule has 0 heterocycles. The molecule has 2 N–H and O–H groups in total. The molecule has 0 saturated carbocycles. The van der Waals surface area contributed by atoms with Crippen molar-refractivity contribution in [3.8, 4) is 11.1 Å². The van der Waals surface area contributed by atoms with Gasteiger partial charge in [-0.25, -0.2) is 4.79 Å². The minimum absolute atomic E-state index is 0.0145. The first-order valence-electron chi connectivity index (χ1n) is 10.3. The van der Waals surface area contributed by atoms with Gasteiger partial charge in [0, 0.05) is 5.92 Å². The van der Waals surface area contributed by atoms with Crippen LogP contribution in [-0.4, -0.2) is 29.3 Å². The van der Waals surface area contributed by atoms with E-state index in [0.717, 1.165) is 24.0 Å². The van der Waals surface area contributed by atoms with E-state index in [0.29, 0.717) is 12.8 Å². The Morgan fingerprint density at radius 3 is 2.14 bits per heavy atom. The molecule has 0 aliphatic heterocycles. The fourth-order valence-electron chi connectivity index (χ4n) is 4.24. The minimum atomic E-state index is -0.915. The Balaban J connectivity index is 1.72. The molecule has 0 radical (unpaired) electrons. The summed E-state index contributed by atoms with van der Waals surface area (Å²) in [6, 6.07) is 16.4. The number of hydrogen-bond donors (Lipinski definition) is 2. The summed E-state index contributed by atoms with van der Waals surface area (Å²) in [5.74, 6) is -0.929. The van der Waals surface area contributed by atoms with Gasteiger partial charge in [0.2, 0.25) is 0 Å². The first-order chi connectivity index (χ1) is 14.0. The molecule has 1 aliphatic carbocycles. The maximum atomic E-state index is 12.6. The van der Waals surface area contributed by atoms with Gasteiger partial charge in [0.05, 0.1) is 12.0 Å². The number of carboxylic acids is 1. The van der Waals surface area contributed by atoms with Crippen LogP contribution in [0.2, 0.25) is 0 Å². The Morgan fingerprint density at radius 1 is 1.03 bits per heavy atom. The molecule has 1 atom stereocenters. The van der Waals surface area contributed by atoms with Crippen LogP contribution in [0.4, 0.5) is 4.79 Å². The average Bonchev–Trinajstić information content (AvgIpc) is 3.04. The Kier molecular flexibility index (Phi) is 6.57. The maximum absolute atomic E-state index is 12.6. The van der Waals surface area contributed by atoms with E-state index >= 15 is 0 Å². The summed E-state index contributed by atoms with van der Waals surface area (Å²) in [5, 5.41) is 12.2. The molecule has 0 saturated heterocycles. The van der Waals surface area contributed by atoms with Crippen molar-refractivity contribution in [3.63, 3.8) is 0 Å². The molecule has 2 aromatic rings. The highest BCUT2D eigenvalue weighted by molar-refractivity contribution is 5.79. The molecule has 5 heteroatoms. The van der Waals surface area contributed by atoms with Crippen LogP contribution in [0, 0.1) is 0 Å². The molecule has 0 fully saturated rings. The van der Waals surface area contributed by atoms with Crippen molar-refractivity contribution >= 4 is 12.1 Å². The molecule has 29 heavy (non-hydrogen) atoms. The van der Waals surface area contributed by atoms with Crippen LogP contribution >= 0.6 is 0 Å². The number of carboxylic acid groups (broad SMARTS) is 1. The molecular formula is C24H29NO4. The lowest BCUT2D eigenvalue weighted by Gasteiger charge is -2.32. The summed E-state index contributed by atoms with van der Waals surface area (Å²) < 4.78 is 5.62. The van der Waals surface area contributed by atoms with E-state index in [1.54, 1.807) is 0 Å². The summed E-state index contributed by atoms with van der Waals surface area (Å²) in [6.07, 6.45) is 2.30. The molecule has 1 aliphatic rings. The van der Waals surface area contributed by atoms with Crippen molar-refractivity contribution in [3.05, 3.63) is 59.7 Å². The fraction of sp³-hybridized carbons (Fsp3) is 0.417. The van der Waals surface area contributed by atoms with Gasteiger partial charge in [0.25, 0.3) is 0 Å². The zero-order chi connectivity index (χ0) is 20.9. The first kappa shape index (κ1) is 20.9. The normalized spacial score (nSPS) is 14.6. The molecule has 3 rings (SSSR count). The summed E-state index contributed by atoms with van der Waals surface area (Å²) >= 11 is 0. The minimum Gasteiger partial charge on any atom is -0.481 e. The number of fused-ring (bicyclic) bond motifs is 3. The van der Waals surface area contributed by atoms with Gasteiger partial charge in [-0.1, -0.05) is 75.2 Å². The van der Waals surface area contributed by atoms with E-state index < -0.39 is 17.6 Å². The van der Waals surface area contributed by atoms with Crippen LogP contribution in [0.25, 0.3) is 11.1 Å². The number of alkyl carbamates (subject to hydrolysis) is 1. The molecular weight excluding hydrogens is 366 g/mol. The number of carbonyl (C=O) groups is 2. The van der Waals surface area contributed by atoms with Crippen LogP contribution in [0.15, 0.2) is 48.5 Å². The van der Waals surface area contributed by atoms with Crippen molar-refractivity contribution < 1.29 is 19.4 Å². The van der Waals surface area contributed by atoms with E-state index in [1.165, 1.54) is 11.1 Å². The number of hydrogen-bond acceptors (Lipinski definition) is 3. The van der Waals surface area contributed by atoms with Crippen molar-refractivity contribution in [1.29, 1.82) is 0 Å². The van der Waals surface area contributed by atoms with Crippen molar-refractivity contribution in [2.24, 2.45) is 0 Å². The van der Waals surface area contributed by atoms with Gasteiger partial charge < -0.3 is 15.2 Å². The van der Waals surface area contributed by atoms with Crippen LogP contribution in [-0.2, 0) is 9.53 Å². The molecule has 0 bridgehead atoms. The van der Waals surface area contributed by atoms with Gasteiger partial charge in [-0.2, -0.15) is 0 Å². The summed E-state index contributed by atoms with van der Waals surface area (Å²) in [5.41, 5.74) is 3.88. The second-order valence-corrected chi connectivity index (χ2v) is 7.76. The summed E-state index contributed by atoms with van der Waals surface area (Å²) in [6.45, 7) is 4.18. The lowest BCUT2D eigenvalue weighted by molar-refractivity contribution is -0.138. The van der Waals surface area contributed by atoms with E-state index in [4.69, 9.17) is 4.74 Å². The van der Waals surface area contributed by atoms with Gasteiger partial charge in [-0.15, -0.1) is 0 Å². The van der Waals surface area contributed by atoms with Gasteiger partial charge >= 0.3 is 12.1 Å². The Bertz CT molecular complexity index is 833. The van der Waals surface area contributed by atoms with Crippen molar-refractivity contribution in [2.45, 2.75) is 57.4 Å². The molecule has 1 unspecified atom stereocenters. The van der Waals surface area contributed by atoms with Crippen molar-refractivity contribution in [2.75, 3.05) is 6.61 Å². The predicted octanol–water partition coefficient (Wildman–Crippen LogP) is 5.34. The Hall–Kier alpha value is -2.82. The van der Waals surface area contributed by atoms with Crippen LogP contribution in [0.1, 0.15) is 63.0 Å². The number of carbonyl (C=O) groups excluding carboxylic acids is 1. The number of unbranched alkanes of at least 4 members (excludes halogenated alkanes) is 1. The SMILES string of the molecule is CCCCC(CC)(CC(=O)O)NC(=O)OCC1c2ccccc2-c2ccccc21. The van der Waals surface area contributed by atoms with Crippen molar-refractivity contribution in [1.82, 2.24) is 5.32 Å². The maximum Gasteiger partial charge on any atom is 0.407 e. The number of amides is 1. The lowest BCUT2D eigenvalue weighted by atomic mass is 9.86. The first-order valence-corrected chi connectivity index (χ1v) is 10.3. The zero-order valence-electron chi connectivity index (χ0n) is 17.1. The topological polar surface area (TPSA) is 75.6 Å². The molecule has 154 valence electrons. The van der Waals surface area contributed by atoms with Gasteiger partial charge in [0.15, 0.2) is 0 Å². The highest BCUT2D eigenvalue weighted by Gasteiger charge is 2.34. The van der Waals surface area contributed by atoms with Gasteiger partial charge in [-0.05, 0) is 35.1 Å². The molecule has 1 amide bonds. The quantitative estimate of drug-likeness (QED) is 0.601. The molecule has 0 spiro atoms. The third-order valence-electron chi connectivity index (χ3n) is 5.89. The predicted molar refractivity (Wildman–Crippen MR) is 113 cm³/mol. The van der Waals surface area contributed by atoms with Crippen LogP contribution < -0.4 is 5.32 Å². The van der Waals surface area contributed by atoms with E-state index in [9.17, 15) is 14.7 Å². The van der Waals surface area contributed by atoms with E-state index in [-0.39, 0.29) is 18.9 Å².